The maximum Gasteiger partial charge on any atom is 0.160 e. The number of carbonyl (C=O) groups excluding carboxylic acids is 1. The maximum atomic E-state index is 11.9. The Kier molecular flexibility index (Phi) is 14.0. The predicted molar refractivity (Wildman–Crippen MR) is 118 cm³/mol. The normalized spacial score (nSPS) is 11.2. The van der Waals surface area contributed by atoms with Crippen molar-refractivity contribution in [2.45, 2.75) is 96.8 Å². The van der Waals surface area contributed by atoms with Gasteiger partial charge in [-0.2, -0.15) is 0 Å². The van der Waals surface area contributed by atoms with E-state index in [1.807, 2.05) is 12.1 Å². The second-order valence-corrected chi connectivity index (χ2v) is 7.70. The second kappa shape index (κ2) is 16.2. The van der Waals surface area contributed by atoms with E-state index in [1.165, 1.54) is 57.8 Å². The molecule has 0 amide bonds. The van der Waals surface area contributed by atoms with Crippen molar-refractivity contribution >= 4 is 5.78 Å². The SMILES string of the molecule is CCCCCCCCCCCCC(=O)C=CCCCc1ccc(OC)c(O)c1. The molecule has 0 saturated carbocycles. The number of phenolic OH excluding ortho intramolecular Hbond substituents is 1. The summed E-state index contributed by atoms with van der Waals surface area (Å²) >= 11 is 0. The molecule has 1 aromatic rings. The number of hydrogen-bond acceptors (Lipinski definition) is 3. The number of methoxy groups -OCH3 is 1. The molecule has 0 aliphatic rings. The Labute approximate surface area is 172 Å². The highest BCUT2D eigenvalue weighted by atomic mass is 16.5. The summed E-state index contributed by atoms with van der Waals surface area (Å²) in [6, 6.07) is 5.51. The summed E-state index contributed by atoms with van der Waals surface area (Å²) < 4.78 is 5.05. The van der Waals surface area contributed by atoms with Crippen molar-refractivity contribution in [3.8, 4) is 11.5 Å². The molecule has 158 valence electrons. The molecule has 1 rings (SSSR count). The highest BCUT2D eigenvalue weighted by Crippen LogP contribution is 2.26. The summed E-state index contributed by atoms with van der Waals surface area (Å²) in [7, 11) is 1.55. The first-order valence-electron chi connectivity index (χ1n) is 11.2. The van der Waals surface area contributed by atoms with E-state index in [4.69, 9.17) is 4.74 Å². The number of aryl methyl sites for hydroxylation is 1. The standard InChI is InChI=1S/C25H40O3/c1-3-4-5-6-7-8-9-10-11-14-17-23(26)18-15-12-13-16-22-19-20-25(28-2)24(27)21-22/h15,18-21,27H,3-14,16-17H2,1-2H3. The summed E-state index contributed by atoms with van der Waals surface area (Å²) in [6.45, 7) is 2.26. The highest BCUT2D eigenvalue weighted by molar-refractivity contribution is 5.89. The van der Waals surface area contributed by atoms with Gasteiger partial charge in [-0.05, 0) is 49.5 Å². The Morgan fingerprint density at radius 1 is 0.964 bits per heavy atom. The van der Waals surface area contributed by atoms with Crippen LogP contribution in [0.5, 0.6) is 11.5 Å². The van der Waals surface area contributed by atoms with E-state index < -0.39 is 0 Å². The lowest BCUT2D eigenvalue weighted by molar-refractivity contribution is -0.114. The Morgan fingerprint density at radius 2 is 1.61 bits per heavy atom. The third kappa shape index (κ3) is 11.8. The first kappa shape index (κ1) is 24.3. The first-order chi connectivity index (χ1) is 13.7. The van der Waals surface area contributed by atoms with Gasteiger partial charge in [-0.15, -0.1) is 0 Å². The van der Waals surface area contributed by atoms with Crippen LogP contribution in [0.1, 0.15) is 96.0 Å². The first-order valence-corrected chi connectivity index (χ1v) is 11.2. The summed E-state index contributed by atoms with van der Waals surface area (Å²) in [4.78, 5) is 11.9. The van der Waals surface area contributed by atoms with E-state index in [2.05, 4.69) is 6.92 Å². The van der Waals surface area contributed by atoms with E-state index in [0.717, 1.165) is 31.2 Å². The van der Waals surface area contributed by atoms with Crippen molar-refractivity contribution in [1.82, 2.24) is 0 Å². The minimum Gasteiger partial charge on any atom is -0.504 e. The van der Waals surface area contributed by atoms with Crippen LogP contribution in [0.25, 0.3) is 0 Å². The molecule has 0 bridgehead atoms. The van der Waals surface area contributed by atoms with Crippen molar-refractivity contribution < 1.29 is 14.6 Å². The van der Waals surface area contributed by atoms with Gasteiger partial charge in [0.2, 0.25) is 0 Å². The third-order valence-corrected chi connectivity index (χ3v) is 5.16. The van der Waals surface area contributed by atoms with Crippen molar-refractivity contribution in [1.29, 1.82) is 0 Å². The van der Waals surface area contributed by atoms with Crippen LogP contribution in [-0.2, 0) is 11.2 Å². The Bertz CT molecular complexity index is 563. The van der Waals surface area contributed by atoms with E-state index >= 15 is 0 Å². The summed E-state index contributed by atoms with van der Waals surface area (Å²) in [6.07, 6.45) is 20.1. The Morgan fingerprint density at radius 3 is 2.21 bits per heavy atom. The van der Waals surface area contributed by atoms with E-state index in [-0.39, 0.29) is 11.5 Å². The molecular formula is C25H40O3. The van der Waals surface area contributed by atoms with Crippen LogP contribution in [0, 0.1) is 0 Å². The molecule has 0 aliphatic heterocycles. The zero-order valence-corrected chi connectivity index (χ0v) is 18.0. The van der Waals surface area contributed by atoms with Gasteiger partial charge in [-0.1, -0.05) is 76.9 Å². The van der Waals surface area contributed by atoms with Crippen molar-refractivity contribution in [3.05, 3.63) is 35.9 Å². The second-order valence-electron chi connectivity index (χ2n) is 7.70. The van der Waals surface area contributed by atoms with Gasteiger partial charge in [-0.3, -0.25) is 4.79 Å². The third-order valence-electron chi connectivity index (χ3n) is 5.16. The maximum absolute atomic E-state index is 11.9. The number of benzene rings is 1. The number of ketones is 1. The quantitative estimate of drug-likeness (QED) is 0.227. The van der Waals surface area contributed by atoms with Crippen LogP contribution in [0.15, 0.2) is 30.4 Å². The van der Waals surface area contributed by atoms with Crippen molar-refractivity contribution in [2.24, 2.45) is 0 Å². The molecule has 0 fully saturated rings. The average Bonchev–Trinajstić information content (AvgIpc) is 2.69. The molecule has 1 N–H and O–H groups in total. The molecular weight excluding hydrogens is 348 g/mol. The minimum absolute atomic E-state index is 0.183. The van der Waals surface area contributed by atoms with Gasteiger partial charge < -0.3 is 9.84 Å². The highest BCUT2D eigenvalue weighted by Gasteiger charge is 2.02. The lowest BCUT2D eigenvalue weighted by Crippen LogP contribution is -1.93. The van der Waals surface area contributed by atoms with Crippen LogP contribution < -0.4 is 4.74 Å². The molecule has 0 saturated heterocycles. The minimum atomic E-state index is 0.183. The van der Waals surface area contributed by atoms with Gasteiger partial charge in [0.15, 0.2) is 17.3 Å². The molecule has 0 aliphatic carbocycles. The molecule has 0 atom stereocenters. The van der Waals surface area contributed by atoms with Crippen LogP contribution in [0.2, 0.25) is 0 Å². The monoisotopic (exact) mass is 388 g/mol. The number of allylic oxidation sites excluding steroid dienone is 2. The van der Waals surface area contributed by atoms with Gasteiger partial charge >= 0.3 is 0 Å². The van der Waals surface area contributed by atoms with Gasteiger partial charge in [0.05, 0.1) is 7.11 Å². The van der Waals surface area contributed by atoms with Gasteiger partial charge in [-0.25, -0.2) is 0 Å². The lowest BCUT2D eigenvalue weighted by atomic mass is 10.0. The number of rotatable bonds is 17. The summed E-state index contributed by atoms with van der Waals surface area (Å²) in [5, 5.41) is 9.78. The average molecular weight is 389 g/mol. The summed E-state index contributed by atoms with van der Waals surface area (Å²) in [5.74, 6) is 0.935. The number of hydrogen-bond donors (Lipinski definition) is 1. The van der Waals surface area contributed by atoms with Crippen LogP contribution in [-0.4, -0.2) is 18.0 Å². The van der Waals surface area contributed by atoms with E-state index in [0.29, 0.717) is 12.2 Å². The zero-order chi connectivity index (χ0) is 20.5. The van der Waals surface area contributed by atoms with Crippen LogP contribution in [0.4, 0.5) is 0 Å². The molecule has 0 heterocycles. The van der Waals surface area contributed by atoms with Gasteiger partial charge in [0.25, 0.3) is 0 Å². The van der Waals surface area contributed by atoms with Gasteiger partial charge in [0.1, 0.15) is 0 Å². The number of aromatic hydroxyl groups is 1. The molecule has 28 heavy (non-hydrogen) atoms. The fourth-order valence-electron chi connectivity index (χ4n) is 3.40. The molecule has 0 spiro atoms. The summed E-state index contributed by atoms with van der Waals surface area (Å²) in [5.41, 5.74) is 1.09. The van der Waals surface area contributed by atoms with Crippen molar-refractivity contribution in [3.63, 3.8) is 0 Å². The van der Waals surface area contributed by atoms with E-state index in [1.54, 1.807) is 25.3 Å². The topological polar surface area (TPSA) is 46.5 Å². The van der Waals surface area contributed by atoms with Crippen molar-refractivity contribution in [2.75, 3.05) is 7.11 Å². The molecule has 3 heteroatoms. The lowest BCUT2D eigenvalue weighted by Gasteiger charge is -2.05. The smallest absolute Gasteiger partial charge is 0.160 e. The predicted octanol–water partition coefficient (Wildman–Crippen LogP) is 7.16. The molecule has 1 aromatic carbocycles. The molecule has 0 unspecified atom stereocenters. The van der Waals surface area contributed by atoms with Crippen LogP contribution in [0.3, 0.4) is 0 Å². The fraction of sp³-hybridized carbons (Fsp3) is 0.640. The number of ether oxygens (including phenoxy) is 1. The van der Waals surface area contributed by atoms with Gasteiger partial charge in [0, 0.05) is 6.42 Å². The number of phenols is 1. The fourth-order valence-corrected chi connectivity index (χ4v) is 3.40. The number of carbonyl (C=O) groups is 1. The Hall–Kier alpha value is -1.77. The molecule has 3 nitrogen and oxygen atoms in total. The molecule has 0 aromatic heterocycles. The van der Waals surface area contributed by atoms with E-state index in [9.17, 15) is 9.90 Å². The van der Waals surface area contributed by atoms with Crippen LogP contribution >= 0.6 is 0 Å². The zero-order valence-electron chi connectivity index (χ0n) is 18.0. The molecule has 0 radical (unpaired) electrons. The Balaban J connectivity index is 1.99. The number of unbranched alkanes of at least 4 members (excludes halogenated alkanes) is 10. The largest absolute Gasteiger partial charge is 0.504 e.